The monoisotopic (exact) mass is 200 g/mol. The second-order valence-corrected chi connectivity index (χ2v) is 3.74. The molecule has 64 valence electrons. The van der Waals surface area contributed by atoms with E-state index < -0.39 is 0 Å². The molecule has 0 aliphatic heterocycles. The van der Waals surface area contributed by atoms with Crippen LogP contribution in [0.1, 0.15) is 5.56 Å². The van der Waals surface area contributed by atoms with E-state index in [0.717, 1.165) is 20.8 Å². The Morgan fingerprint density at radius 2 is 2.17 bits per heavy atom. The van der Waals surface area contributed by atoms with Gasteiger partial charge in [0.05, 0.1) is 15.7 Å². The molecular weight excluding hydrogens is 192 g/mol. The second kappa shape index (κ2) is 3.39. The van der Waals surface area contributed by atoms with Crippen molar-refractivity contribution in [2.75, 3.05) is 0 Å². The van der Waals surface area contributed by atoms with Gasteiger partial charge < -0.3 is 6.15 Å². The van der Waals surface area contributed by atoms with Gasteiger partial charge in [0, 0.05) is 5.02 Å². The topological polar surface area (TPSA) is 47.9 Å². The van der Waals surface area contributed by atoms with E-state index in [2.05, 4.69) is 4.98 Å². The fourth-order valence-corrected chi connectivity index (χ4v) is 2.23. The molecule has 0 amide bonds. The lowest BCUT2D eigenvalue weighted by molar-refractivity contribution is 1.43. The fraction of sp³-hybridized carbons (Fsp3) is 0.125. The summed E-state index contributed by atoms with van der Waals surface area (Å²) >= 11 is 7.48. The summed E-state index contributed by atoms with van der Waals surface area (Å²) in [5, 5.41) is 0.791. The molecule has 0 saturated carbocycles. The molecule has 2 nitrogen and oxygen atoms in total. The van der Waals surface area contributed by atoms with Gasteiger partial charge in [0.25, 0.3) is 0 Å². The molecule has 0 radical (unpaired) electrons. The maximum atomic E-state index is 5.86. The lowest BCUT2D eigenvalue weighted by Crippen LogP contribution is -1.74. The van der Waals surface area contributed by atoms with Crippen molar-refractivity contribution in [3.63, 3.8) is 0 Å². The van der Waals surface area contributed by atoms with Crippen molar-refractivity contribution in [1.82, 2.24) is 11.1 Å². The van der Waals surface area contributed by atoms with E-state index in [1.165, 1.54) is 0 Å². The summed E-state index contributed by atoms with van der Waals surface area (Å²) in [6.07, 6.45) is 0. The highest BCUT2D eigenvalue weighted by molar-refractivity contribution is 7.16. The summed E-state index contributed by atoms with van der Waals surface area (Å²) in [6, 6.07) is 3.88. The van der Waals surface area contributed by atoms with Gasteiger partial charge >= 0.3 is 0 Å². The van der Waals surface area contributed by atoms with E-state index in [-0.39, 0.29) is 6.15 Å². The highest BCUT2D eigenvalue weighted by Crippen LogP contribution is 2.25. The van der Waals surface area contributed by atoms with Crippen LogP contribution in [0.3, 0.4) is 0 Å². The predicted octanol–water partition coefficient (Wildman–Crippen LogP) is 3.42. The minimum atomic E-state index is 0. The van der Waals surface area contributed by atoms with Crippen LogP contribution in [-0.4, -0.2) is 4.98 Å². The van der Waals surface area contributed by atoms with Gasteiger partial charge in [0.2, 0.25) is 0 Å². The van der Waals surface area contributed by atoms with Crippen molar-refractivity contribution < 1.29 is 0 Å². The summed E-state index contributed by atoms with van der Waals surface area (Å²) in [5.74, 6) is 0. The van der Waals surface area contributed by atoms with Crippen molar-refractivity contribution in [3.8, 4) is 0 Å². The molecule has 0 spiro atoms. The summed E-state index contributed by atoms with van der Waals surface area (Å²) in [6.45, 7) is 2.02. The van der Waals surface area contributed by atoms with E-state index in [1.807, 2.05) is 24.6 Å². The first kappa shape index (κ1) is 9.45. The first-order valence-corrected chi connectivity index (χ1v) is 4.52. The van der Waals surface area contributed by atoms with E-state index in [0.29, 0.717) is 0 Å². The first-order valence-electron chi connectivity index (χ1n) is 3.27. The van der Waals surface area contributed by atoms with Gasteiger partial charge in [-0.15, -0.1) is 11.3 Å². The van der Waals surface area contributed by atoms with E-state index in [9.17, 15) is 0 Å². The van der Waals surface area contributed by atoms with Gasteiger partial charge in [0.15, 0.2) is 0 Å². The van der Waals surface area contributed by atoms with Crippen molar-refractivity contribution in [2.45, 2.75) is 6.92 Å². The number of fused-ring (bicyclic) bond motifs is 1. The Kier molecular flexibility index (Phi) is 2.67. The smallest absolute Gasteiger partial charge is 0.0842 e. The van der Waals surface area contributed by atoms with Gasteiger partial charge in [0.1, 0.15) is 0 Å². The minimum Gasteiger partial charge on any atom is -0.344 e. The summed E-state index contributed by atoms with van der Waals surface area (Å²) < 4.78 is 1.16. The largest absolute Gasteiger partial charge is 0.344 e. The molecule has 0 fully saturated rings. The third-order valence-corrected chi connectivity index (χ3v) is 2.59. The number of hydrogen-bond acceptors (Lipinski definition) is 3. The Labute approximate surface area is 79.8 Å². The zero-order valence-electron chi connectivity index (χ0n) is 6.67. The summed E-state index contributed by atoms with van der Waals surface area (Å²) in [4.78, 5) is 4.22. The quantitative estimate of drug-likeness (QED) is 0.709. The molecule has 4 heteroatoms. The lowest BCUT2D eigenvalue weighted by Gasteiger charge is -1.94. The van der Waals surface area contributed by atoms with Crippen LogP contribution < -0.4 is 6.15 Å². The van der Waals surface area contributed by atoms with Crippen LogP contribution >= 0.6 is 22.9 Å². The Morgan fingerprint density at radius 3 is 2.92 bits per heavy atom. The highest BCUT2D eigenvalue weighted by Gasteiger charge is 2.00. The Hall–Kier alpha value is -0.640. The maximum Gasteiger partial charge on any atom is 0.0842 e. The molecule has 2 rings (SSSR count). The van der Waals surface area contributed by atoms with Gasteiger partial charge in [-0.2, -0.15) is 0 Å². The highest BCUT2D eigenvalue weighted by atomic mass is 35.5. The number of nitrogens with zero attached hydrogens (tertiary/aromatic N) is 1. The number of thiazole rings is 1. The molecule has 1 aromatic heterocycles. The van der Waals surface area contributed by atoms with Crippen molar-refractivity contribution in [1.29, 1.82) is 0 Å². The molecule has 0 unspecified atom stereocenters. The minimum absolute atomic E-state index is 0. The van der Waals surface area contributed by atoms with Crippen LogP contribution in [0.2, 0.25) is 5.02 Å². The van der Waals surface area contributed by atoms with Crippen molar-refractivity contribution in [3.05, 3.63) is 28.2 Å². The molecule has 1 aromatic carbocycles. The van der Waals surface area contributed by atoms with Gasteiger partial charge in [-0.3, -0.25) is 0 Å². The van der Waals surface area contributed by atoms with E-state index in [1.54, 1.807) is 11.3 Å². The number of benzene rings is 1. The SMILES string of the molecule is Cc1cc(Cl)cc2scnc12.N. The number of rotatable bonds is 0. The molecule has 3 N–H and O–H groups in total. The van der Waals surface area contributed by atoms with Crippen LogP contribution in [0.4, 0.5) is 0 Å². The molecule has 0 saturated heterocycles. The Bertz CT molecular complexity index is 397. The Morgan fingerprint density at radius 1 is 1.42 bits per heavy atom. The normalized spacial score (nSPS) is 9.83. The average Bonchev–Trinajstić information content (AvgIpc) is 2.34. The van der Waals surface area contributed by atoms with Crippen LogP contribution in [0, 0.1) is 6.92 Å². The third-order valence-electron chi connectivity index (χ3n) is 1.59. The zero-order valence-corrected chi connectivity index (χ0v) is 8.25. The summed E-state index contributed by atoms with van der Waals surface area (Å²) in [5.41, 5.74) is 4.06. The van der Waals surface area contributed by atoms with Crippen LogP contribution in [-0.2, 0) is 0 Å². The Balaban J connectivity index is 0.000000720. The molecular formula is C8H9ClN2S. The average molecular weight is 201 g/mol. The molecule has 0 aliphatic rings. The number of halogens is 1. The van der Waals surface area contributed by atoms with Crippen LogP contribution in [0.5, 0.6) is 0 Å². The molecule has 12 heavy (non-hydrogen) atoms. The van der Waals surface area contributed by atoms with Crippen molar-refractivity contribution >= 4 is 33.2 Å². The molecule has 0 aliphatic carbocycles. The van der Waals surface area contributed by atoms with Gasteiger partial charge in [-0.05, 0) is 24.6 Å². The predicted molar refractivity (Wildman–Crippen MR) is 54.4 cm³/mol. The number of hydrogen-bond donors (Lipinski definition) is 1. The maximum absolute atomic E-state index is 5.86. The first-order chi connectivity index (χ1) is 5.27. The third kappa shape index (κ3) is 1.43. The fourth-order valence-electron chi connectivity index (χ4n) is 1.10. The van der Waals surface area contributed by atoms with E-state index in [4.69, 9.17) is 11.6 Å². The molecule has 0 bridgehead atoms. The number of aromatic nitrogens is 1. The van der Waals surface area contributed by atoms with Crippen molar-refractivity contribution in [2.24, 2.45) is 0 Å². The second-order valence-electron chi connectivity index (χ2n) is 2.42. The molecule has 2 aromatic rings. The molecule has 1 heterocycles. The van der Waals surface area contributed by atoms with Gasteiger partial charge in [-0.1, -0.05) is 11.6 Å². The molecule has 0 atom stereocenters. The summed E-state index contributed by atoms with van der Waals surface area (Å²) in [7, 11) is 0. The lowest BCUT2D eigenvalue weighted by atomic mass is 10.2. The van der Waals surface area contributed by atoms with E-state index >= 15 is 0 Å². The van der Waals surface area contributed by atoms with Gasteiger partial charge in [-0.25, -0.2) is 4.98 Å². The van der Waals surface area contributed by atoms with Crippen LogP contribution in [0.15, 0.2) is 17.6 Å². The standard InChI is InChI=1S/C8H6ClNS.H3N/c1-5-2-6(9)3-7-8(5)10-4-11-7;/h2-4H,1H3;1H3. The van der Waals surface area contributed by atoms with Crippen LogP contribution in [0.25, 0.3) is 10.2 Å². The zero-order chi connectivity index (χ0) is 7.84. The number of aryl methyl sites for hydroxylation is 1.